The average molecular weight is 387 g/mol. The van der Waals surface area contributed by atoms with Gasteiger partial charge in [-0.3, -0.25) is 9.59 Å². The van der Waals surface area contributed by atoms with Crippen molar-refractivity contribution in [2.45, 2.75) is 33.2 Å². The molecule has 1 unspecified atom stereocenters. The maximum Gasteiger partial charge on any atom is 0.239 e. The number of halogens is 1. The van der Waals surface area contributed by atoms with Gasteiger partial charge in [0.1, 0.15) is 5.41 Å². The second kappa shape index (κ2) is 6.96. The molecule has 1 fully saturated rings. The number of rotatable bonds is 4. The second-order valence-corrected chi connectivity index (χ2v) is 9.68. The molecule has 0 spiro atoms. The van der Waals surface area contributed by atoms with Crippen LogP contribution in [0.25, 0.3) is 0 Å². The molecule has 0 radical (unpaired) electrons. The predicted molar refractivity (Wildman–Crippen MR) is 98.4 cm³/mol. The Bertz CT molecular complexity index is 805. The van der Waals surface area contributed by atoms with Crippen LogP contribution in [0.3, 0.4) is 0 Å². The van der Waals surface area contributed by atoms with Crippen LogP contribution in [0.1, 0.15) is 25.8 Å². The van der Waals surface area contributed by atoms with E-state index in [9.17, 15) is 18.0 Å². The van der Waals surface area contributed by atoms with Crippen LogP contribution in [0.15, 0.2) is 18.2 Å². The number of carbonyl (C=O) groups excluding carboxylic acids is 2. The summed E-state index contributed by atoms with van der Waals surface area (Å²) in [5, 5.41) is 3.32. The summed E-state index contributed by atoms with van der Waals surface area (Å²) in [6.45, 7) is 4.89. The molecule has 6 nitrogen and oxygen atoms in total. The summed E-state index contributed by atoms with van der Waals surface area (Å²) < 4.78 is 23.3. The van der Waals surface area contributed by atoms with Crippen LogP contribution in [-0.2, 0) is 19.4 Å². The molecule has 1 aromatic rings. The number of anilines is 1. The fraction of sp³-hybridized carbons (Fsp3) is 0.529. The first-order chi connectivity index (χ1) is 11.4. The highest BCUT2D eigenvalue weighted by Crippen LogP contribution is 2.27. The summed E-state index contributed by atoms with van der Waals surface area (Å²) in [6, 6.07) is 4.68. The molecule has 1 heterocycles. The molecule has 8 heteroatoms. The van der Waals surface area contributed by atoms with Gasteiger partial charge in [-0.05, 0) is 51.0 Å². The number of amides is 2. The largest absolute Gasteiger partial charge is 0.341 e. The summed E-state index contributed by atoms with van der Waals surface area (Å²) in [7, 11) is -1.55. The van der Waals surface area contributed by atoms with Crippen LogP contribution < -0.4 is 5.32 Å². The molecule has 0 aliphatic carbocycles. The van der Waals surface area contributed by atoms with Gasteiger partial charge in [-0.15, -0.1) is 0 Å². The molecular formula is C17H23ClN2O4S. The lowest BCUT2D eigenvalue weighted by Gasteiger charge is -2.31. The third-order valence-electron chi connectivity index (χ3n) is 4.62. The second-order valence-electron chi connectivity index (χ2n) is 7.01. The minimum Gasteiger partial charge on any atom is -0.341 e. The van der Waals surface area contributed by atoms with Gasteiger partial charge < -0.3 is 10.2 Å². The first kappa shape index (κ1) is 19.7. The zero-order chi connectivity index (χ0) is 19.0. The molecule has 1 N–H and O–H groups in total. The number of hydrogen-bond acceptors (Lipinski definition) is 4. The van der Waals surface area contributed by atoms with Crippen LogP contribution in [-0.4, -0.2) is 49.7 Å². The summed E-state index contributed by atoms with van der Waals surface area (Å²) in [5.41, 5.74) is 0.0494. The monoisotopic (exact) mass is 386 g/mol. The highest BCUT2D eigenvalue weighted by molar-refractivity contribution is 7.91. The van der Waals surface area contributed by atoms with E-state index in [1.54, 1.807) is 25.2 Å². The van der Waals surface area contributed by atoms with E-state index in [1.165, 1.54) is 18.7 Å². The van der Waals surface area contributed by atoms with Crippen molar-refractivity contribution in [1.82, 2.24) is 4.90 Å². The Morgan fingerprint density at radius 2 is 1.96 bits per heavy atom. The van der Waals surface area contributed by atoms with Gasteiger partial charge in [-0.1, -0.05) is 11.6 Å². The summed E-state index contributed by atoms with van der Waals surface area (Å²) in [4.78, 5) is 26.8. The Kier molecular flexibility index (Phi) is 5.49. The maximum atomic E-state index is 12.8. The van der Waals surface area contributed by atoms with Crippen molar-refractivity contribution in [3.63, 3.8) is 0 Å². The number of sulfone groups is 1. The summed E-state index contributed by atoms with van der Waals surface area (Å²) >= 11 is 5.91. The van der Waals surface area contributed by atoms with Gasteiger partial charge >= 0.3 is 0 Å². The molecule has 2 amide bonds. The van der Waals surface area contributed by atoms with Crippen LogP contribution in [0.4, 0.5) is 5.69 Å². The van der Waals surface area contributed by atoms with E-state index >= 15 is 0 Å². The fourth-order valence-corrected chi connectivity index (χ4v) is 4.83. The molecular weight excluding hydrogens is 364 g/mol. The zero-order valence-corrected chi connectivity index (χ0v) is 16.4. The topological polar surface area (TPSA) is 83.6 Å². The minimum atomic E-state index is -3.10. The van der Waals surface area contributed by atoms with Crippen molar-refractivity contribution < 1.29 is 18.0 Å². The van der Waals surface area contributed by atoms with E-state index in [4.69, 9.17) is 11.6 Å². The van der Waals surface area contributed by atoms with Gasteiger partial charge in [-0.25, -0.2) is 8.42 Å². The molecule has 2 rings (SSSR count). The minimum absolute atomic E-state index is 0.0523. The van der Waals surface area contributed by atoms with E-state index in [-0.39, 0.29) is 17.5 Å². The van der Waals surface area contributed by atoms with Gasteiger partial charge in [0.15, 0.2) is 9.84 Å². The highest BCUT2D eigenvalue weighted by atomic mass is 35.5. The lowest BCUT2D eigenvalue weighted by atomic mass is 9.89. The van der Waals surface area contributed by atoms with Crippen LogP contribution in [0.2, 0.25) is 5.02 Å². The smallest absolute Gasteiger partial charge is 0.239 e. The molecule has 1 aromatic carbocycles. The average Bonchev–Trinajstić information content (AvgIpc) is 2.88. The third-order valence-corrected chi connectivity index (χ3v) is 6.60. The fourth-order valence-electron chi connectivity index (χ4n) is 2.83. The lowest BCUT2D eigenvalue weighted by molar-refractivity contribution is -0.146. The first-order valence-electron chi connectivity index (χ1n) is 7.99. The normalized spacial score (nSPS) is 19.5. The Hall–Kier alpha value is -1.60. The molecule has 25 heavy (non-hydrogen) atoms. The van der Waals surface area contributed by atoms with Crippen LogP contribution in [0, 0.1) is 12.3 Å². The Labute approximate surface area is 153 Å². The molecule has 0 bridgehead atoms. The molecule has 1 aliphatic heterocycles. The van der Waals surface area contributed by atoms with E-state index in [0.29, 0.717) is 17.1 Å². The van der Waals surface area contributed by atoms with Crippen molar-refractivity contribution >= 4 is 38.9 Å². The highest BCUT2D eigenvalue weighted by Gasteiger charge is 2.42. The van der Waals surface area contributed by atoms with E-state index < -0.39 is 27.1 Å². The van der Waals surface area contributed by atoms with Gasteiger partial charge in [0.25, 0.3) is 0 Å². The quantitative estimate of drug-likeness (QED) is 0.804. The number of aryl methyl sites for hydroxylation is 1. The lowest BCUT2D eigenvalue weighted by Crippen LogP contribution is -2.49. The number of benzene rings is 1. The standard InChI is InChI=1S/C17H23ClN2O4S/c1-11-9-12(18)5-6-14(11)19-15(21)17(2,3)16(22)20(4)13-7-8-25(23,24)10-13/h5-6,9,13H,7-8,10H2,1-4H3,(H,19,21). The summed E-state index contributed by atoms with van der Waals surface area (Å²) in [5.74, 6) is -0.830. The van der Waals surface area contributed by atoms with Crippen molar-refractivity contribution in [3.8, 4) is 0 Å². The number of nitrogens with zero attached hydrogens (tertiary/aromatic N) is 1. The number of carbonyl (C=O) groups is 2. The molecule has 138 valence electrons. The van der Waals surface area contributed by atoms with Gasteiger partial charge in [0, 0.05) is 23.8 Å². The Morgan fingerprint density at radius 3 is 2.48 bits per heavy atom. The predicted octanol–water partition coefficient (Wildman–Crippen LogP) is 2.26. The van der Waals surface area contributed by atoms with Crippen molar-refractivity contribution in [2.75, 3.05) is 23.9 Å². The molecule has 1 aliphatic rings. The van der Waals surface area contributed by atoms with Gasteiger partial charge in [0.05, 0.1) is 11.5 Å². The number of hydrogen-bond donors (Lipinski definition) is 1. The number of nitrogens with one attached hydrogen (secondary N) is 1. The SMILES string of the molecule is Cc1cc(Cl)ccc1NC(=O)C(C)(C)C(=O)N(C)C1CCS(=O)(=O)C1. The summed E-state index contributed by atoms with van der Waals surface area (Å²) in [6.07, 6.45) is 0.401. The molecule has 1 atom stereocenters. The first-order valence-corrected chi connectivity index (χ1v) is 10.2. The Balaban J connectivity index is 2.13. The van der Waals surface area contributed by atoms with Crippen molar-refractivity contribution in [1.29, 1.82) is 0 Å². The van der Waals surface area contributed by atoms with E-state index in [0.717, 1.165) is 5.56 Å². The Morgan fingerprint density at radius 1 is 1.32 bits per heavy atom. The molecule has 0 aromatic heterocycles. The van der Waals surface area contributed by atoms with Crippen molar-refractivity contribution in [3.05, 3.63) is 28.8 Å². The third kappa shape index (κ3) is 4.33. The zero-order valence-electron chi connectivity index (χ0n) is 14.8. The molecule has 1 saturated heterocycles. The van der Waals surface area contributed by atoms with Crippen LogP contribution in [0.5, 0.6) is 0 Å². The van der Waals surface area contributed by atoms with Gasteiger partial charge in [-0.2, -0.15) is 0 Å². The van der Waals surface area contributed by atoms with Crippen LogP contribution >= 0.6 is 11.6 Å². The maximum absolute atomic E-state index is 12.8. The molecule has 0 saturated carbocycles. The van der Waals surface area contributed by atoms with Crippen molar-refractivity contribution in [2.24, 2.45) is 5.41 Å². The van der Waals surface area contributed by atoms with Gasteiger partial charge in [0.2, 0.25) is 11.8 Å². The van der Waals surface area contributed by atoms with E-state index in [2.05, 4.69) is 5.32 Å². The van der Waals surface area contributed by atoms with E-state index in [1.807, 2.05) is 6.92 Å².